The summed E-state index contributed by atoms with van der Waals surface area (Å²) in [5.74, 6) is -0.268. The first-order valence-corrected chi connectivity index (χ1v) is 12.2. The molecule has 2 heterocycles. The van der Waals surface area contributed by atoms with Crippen molar-refractivity contribution in [1.29, 1.82) is 0 Å². The number of carbonyl (C=O) groups is 1. The normalized spacial score (nSPS) is 11.6. The Morgan fingerprint density at radius 3 is 2.62 bits per heavy atom. The van der Waals surface area contributed by atoms with Crippen molar-refractivity contribution in [2.75, 3.05) is 7.11 Å². The van der Waals surface area contributed by atoms with Gasteiger partial charge in [0.05, 0.1) is 34.5 Å². The Morgan fingerprint density at radius 2 is 1.97 bits per heavy atom. The number of methoxy groups -OCH3 is 1. The number of nitrogens with zero attached hydrogens (tertiary/aromatic N) is 3. The topological polar surface area (TPSA) is 149 Å². The SMILES string of the molecule is COc1cc(/C=N\NC(=O)c2cc(-c3cccs3)n(-c3ccc(S(N)(=O)=O)cc3)n2)ccc1O. The number of nitrogens with two attached hydrogens (primary N) is 1. The van der Waals surface area contributed by atoms with Crippen LogP contribution < -0.4 is 15.3 Å². The van der Waals surface area contributed by atoms with Crippen molar-refractivity contribution in [3.05, 3.63) is 77.3 Å². The highest BCUT2D eigenvalue weighted by Crippen LogP contribution is 2.28. The van der Waals surface area contributed by atoms with Crippen molar-refractivity contribution >= 4 is 33.5 Å². The Labute approximate surface area is 199 Å². The molecule has 4 N–H and O–H groups in total. The molecule has 0 atom stereocenters. The number of benzene rings is 2. The van der Waals surface area contributed by atoms with E-state index in [1.807, 2.05) is 17.5 Å². The van der Waals surface area contributed by atoms with Crippen LogP contribution in [0.25, 0.3) is 16.3 Å². The molecule has 0 aliphatic rings. The van der Waals surface area contributed by atoms with Crippen LogP contribution in [0.2, 0.25) is 0 Å². The van der Waals surface area contributed by atoms with E-state index in [0.29, 0.717) is 16.9 Å². The van der Waals surface area contributed by atoms with E-state index in [0.717, 1.165) is 4.88 Å². The minimum absolute atomic E-state index is 0.00701. The number of rotatable bonds is 7. The van der Waals surface area contributed by atoms with Crippen molar-refractivity contribution in [2.45, 2.75) is 4.90 Å². The highest BCUT2D eigenvalue weighted by atomic mass is 32.2. The van der Waals surface area contributed by atoms with E-state index in [-0.39, 0.29) is 22.1 Å². The number of phenolic OH excluding ortho intramolecular Hbond substituents is 1. The van der Waals surface area contributed by atoms with Gasteiger partial charge in [0.2, 0.25) is 10.0 Å². The number of phenols is 1. The van der Waals surface area contributed by atoms with Gasteiger partial charge in [-0.2, -0.15) is 10.2 Å². The molecule has 0 saturated carbocycles. The van der Waals surface area contributed by atoms with Crippen LogP contribution >= 0.6 is 11.3 Å². The standard InChI is InChI=1S/C22H19N5O5S2/c1-32-20-11-14(4-9-19(20)28)13-24-25-22(29)17-12-18(21-3-2-10-33-21)27(26-17)15-5-7-16(8-6-15)34(23,30)31/h2-13,28H,1H3,(H,25,29)(H2,23,30,31)/b24-13-. The lowest BCUT2D eigenvalue weighted by Gasteiger charge is -2.07. The molecule has 34 heavy (non-hydrogen) atoms. The second-order valence-corrected chi connectivity index (χ2v) is 9.48. The molecule has 4 aromatic rings. The van der Waals surface area contributed by atoms with Crippen LogP contribution in [0.15, 0.2) is 76.0 Å². The molecule has 0 aliphatic carbocycles. The summed E-state index contributed by atoms with van der Waals surface area (Å²) in [7, 11) is -2.40. The molecule has 12 heteroatoms. The van der Waals surface area contributed by atoms with Gasteiger partial charge in [0.25, 0.3) is 5.91 Å². The molecule has 0 bridgehead atoms. The van der Waals surface area contributed by atoms with Gasteiger partial charge in [-0.15, -0.1) is 11.3 Å². The van der Waals surface area contributed by atoms with Gasteiger partial charge in [0.1, 0.15) is 0 Å². The molecule has 1 amide bonds. The van der Waals surface area contributed by atoms with Crippen LogP contribution in [-0.4, -0.2) is 42.5 Å². The van der Waals surface area contributed by atoms with Gasteiger partial charge >= 0.3 is 0 Å². The number of aromatic hydroxyl groups is 1. The molecular weight excluding hydrogens is 478 g/mol. The summed E-state index contributed by atoms with van der Waals surface area (Å²) in [6, 6.07) is 15.9. The molecule has 0 saturated heterocycles. The molecule has 0 spiro atoms. The molecular formula is C22H19N5O5S2. The fourth-order valence-corrected chi connectivity index (χ4v) is 4.31. The van der Waals surface area contributed by atoms with Gasteiger partial charge in [0.15, 0.2) is 17.2 Å². The van der Waals surface area contributed by atoms with E-state index in [1.165, 1.54) is 42.9 Å². The molecule has 2 aromatic heterocycles. The number of primary sulfonamides is 1. The Kier molecular flexibility index (Phi) is 6.45. The van der Waals surface area contributed by atoms with E-state index in [9.17, 15) is 18.3 Å². The quantitative estimate of drug-likeness (QED) is 0.264. The van der Waals surface area contributed by atoms with Crippen LogP contribution in [0.1, 0.15) is 16.1 Å². The summed E-state index contributed by atoms with van der Waals surface area (Å²) in [6.45, 7) is 0. The van der Waals surface area contributed by atoms with Crippen molar-refractivity contribution in [3.8, 4) is 27.8 Å². The van der Waals surface area contributed by atoms with Crippen molar-refractivity contribution in [2.24, 2.45) is 10.2 Å². The lowest BCUT2D eigenvalue weighted by Crippen LogP contribution is -2.18. The van der Waals surface area contributed by atoms with Gasteiger partial charge in [-0.05, 0) is 65.5 Å². The number of sulfonamides is 1. The summed E-state index contributed by atoms with van der Waals surface area (Å²) in [4.78, 5) is 13.5. The van der Waals surface area contributed by atoms with Crippen LogP contribution in [0.5, 0.6) is 11.5 Å². The number of hydrazone groups is 1. The third-order valence-electron chi connectivity index (χ3n) is 4.71. The van der Waals surface area contributed by atoms with Gasteiger partial charge in [-0.25, -0.2) is 23.7 Å². The largest absolute Gasteiger partial charge is 0.504 e. The Morgan fingerprint density at radius 1 is 1.21 bits per heavy atom. The minimum atomic E-state index is -3.83. The third-order valence-corrected chi connectivity index (χ3v) is 6.53. The van der Waals surface area contributed by atoms with E-state index in [4.69, 9.17) is 9.88 Å². The number of aromatic nitrogens is 2. The van der Waals surface area contributed by atoms with Crippen LogP contribution in [-0.2, 0) is 10.0 Å². The average molecular weight is 498 g/mol. The molecule has 174 valence electrons. The van der Waals surface area contributed by atoms with Gasteiger partial charge in [-0.3, -0.25) is 4.79 Å². The zero-order valence-corrected chi connectivity index (χ0v) is 19.4. The smallest absolute Gasteiger partial charge is 0.291 e. The second kappa shape index (κ2) is 9.47. The number of hydrogen-bond acceptors (Lipinski definition) is 8. The summed E-state index contributed by atoms with van der Waals surface area (Å²) >= 11 is 1.47. The summed E-state index contributed by atoms with van der Waals surface area (Å²) in [5, 5.41) is 25.1. The molecule has 10 nitrogen and oxygen atoms in total. The number of nitrogens with one attached hydrogen (secondary N) is 1. The number of amides is 1. The summed E-state index contributed by atoms with van der Waals surface area (Å²) in [5.41, 5.74) is 4.34. The van der Waals surface area contributed by atoms with E-state index in [1.54, 1.807) is 35.0 Å². The maximum Gasteiger partial charge on any atom is 0.291 e. The molecule has 4 rings (SSSR count). The lowest BCUT2D eigenvalue weighted by molar-refractivity contribution is 0.0949. The highest BCUT2D eigenvalue weighted by molar-refractivity contribution is 7.89. The fraction of sp³-hybridized carbons (Fsp3) is 0.0455. The predicted octanol–water partition coefficient (Wildman–Crippen LogP) is 2.73. The first-order chi connectivity index (χ1) is 16.3. The first kappa shape index (κ1) is 23.2. The number of hydrogen-bond donors (Lipinski definition) is 3. The summed E-state index contributed by atoms with van der Waals surface area (Å²) in [6.07, 6.45) is 1.41. The maximum atomic E-state index is 12.7. The number of carbonyl (C=O) groups excluding carboxylic acids is 1. The average Bonchev–Trinajstić information content (AvgIpc) is 3.50. The lowest BCUT2D eigenvalue weighted by atomic mass is 10.2. The number of thiophene rings is 1. The third kappa shape index (κ3) is 4.98. The monoisotopic (exact) mass is 497 g/mol. The van der Waals surface area contributed by atoms with E-state index >= 15 is 0 Å². The van der Waals surface area contributed by atoms with Crippen molar-refractivity contribution in [1.82, 2.24) is 15.2 Å². The zero-order valence-electron chi connectivity index (χ0n) is 17.7. The molecule has 2 aromatic carbocycles. The van der Waals surface area contributed by atoms with Crippen LogP contribution in [0.4, 0.5) is 0 Å². The Hall–Kier alpha value is -4.00. The molecule has 0 unspecified atom stereocenters. The van der Waals surface area contributed by atoms with Crippen LogP contribution in [0, 0.1) is 0 Å². The highest BCUT2D eigenvalue weighted by Gasteiger charge is 2.18. The van der Waals surface area contributed by atoms with Gasteiger partial charge in [-0.1, -0.05) is 6.07 Å². The van der Waals surface area contributed by atoms with Crippen molar-refractivity contribution < 1.29 is 23.1 Å². The second-order valence-electron chi connectivity index (χ2n) is 6.97. The van der Waals surface area contributed by atoms with E-state index in [2.05, 4.69) is 15.6 Å². The van der Waals surface area contributed by atoms with Crippen LogP contribution in [0.3, 0.4) is 0 Å². The Balaban J connectivity index is 1.61. The predicted molar refractivity (Wildman–Crippen MR) is 128 cm³/mol. The van der Waals surface area contributed by atoms with Gasteiger partial charge in [0, 0.05) is 0 Å². The minimum Gasteiger partial charge on any atom is -0.504 e. The van der Waals surface area contributed by atoms with E-state index < -0.39 is 15.9 Å². The van der Waals surface area contributed by atoms with Crippen molar-refractivity contribution in [3.63, 3.8) is 0 Å². The summed E-state index contributed by atoms with van der Waals surface area (Å²) < 4.78 is 29.7. The zero-order chi connectivity index (χ0) is 24.3. The number of ether oxygens (including phenoxy) is 1. The van der Waals surface area contributed by atoms with Gasteiger partial charge < -0.3 is 9.84 Å². The molecule has 0 fully saturated rings. The Bertz CT molecular complexity index is 1460. The molecule has 0 radical (unpaired) electrons. The first-order valence-electron chi connectivity index (χ1n) is 9.74. The maximum absolute atomic E-state index is 12.7. The fourth-order valence-electron chi connectivity index (χ4n) is 3.06. The molecule has 0 aliphatic heterocycles.